The van der Waals surface area contributed by atoms with Gasteiger partial charge in [-0.05, 0) is 32.9 Å². The fraction of sp³-hybridized carbons (Fsp3) is 0.211. The molecule has 2 N–H and O–H groups in total. The molecule has 9 heteroatoms. The van der Waals surface area contributed by atoms with Crippen molar-refractivity contribution in [2.24, 2.45) is 7.05 Å². The van der Waals surface area contributed by atoms with Gasteiger partial charge in [-0.2, -0.15) is 19.9 Å². The van der Waals surface area contributed by atoms with Crippen LogP contribution in [0.15, 0.2) is 35.3 Å². The van der Waals surface area contributed by atoms with Gasteiger partial charge in [0, 0.05) is 18.7 Å². The molecule has 0 bridgehead atoms. The number of nitrogens with zero attached hydrogens (tertiary/aromatic N) is 5. The van der Waals surface area contributed by atoms with Crippen LogP contribution >= 0.6 is 0 Å². The maximum atomic E-state index is 12.7. The molecule has 0 saturated carbocycles. The minimum atomic E-state index is -0.326. The molecule has 0 radical (unpaired) electrons. The van der Waals surface area contributed by atoms with Crippen LogP contribution in [0.5, 0.6) is 0 Å². The van der Waals surface area contributed by atoms with Crippen LogP contribution in [0.25, 0.3) is 17.0 Å². The van der Waals surface area contributed by atoms with E-state index in [1.165, 1.54) is 15.6 Å². The first-order chi connectivity index (χ1) is 13.3. The number of H-pyrrole nitrogens is 1. The van der Waals surface area contributed by atoms with E-state index in [9.17, 15) is 9.59 Å². The average Bonchev–Trinajstić information content (AvgIpc) is 3.17. The number of carbonyl (C=O) groups is 1. The van der Waals surface area contributed by atoms with Gasteiger partial charge in [0.1, 0.15) is 11.2 Å². The molecule has 0 aliphatic carbocycles. The van der Waals surface area contributed by atoms with Crippen LogP contribution in [0.3, 0.4) is 0 Å². The predicted octanol–water partition coefficient (Wildman–Crippen LogP) is 2.02. The third-order valence-corrected chi connectivity index (χ3v) is 4.35. The van der Waals surface area contributed by atoms with E-state index in [0.29, 0.717) is 28.1 Å². The summed E-state index contributed by atoms with van der Waals surface area (Å²) in [6.45, 7) is 5.68. The van der Waals surface area contributed by atoms with E-state index in [0.717, 1.165) is 11.1 Å². The van der Waals surface area contributed by atoms with Gasteiger partial charge in [-0.3, -0.25) is 19.3 Å². The number of anilines is 1. The van der Waals surface area contributed by atoms with Crippen LogP contribution in [0.4, 0.5) is 5.82 Å². The maximum absolute atomic E-state index is 12.7. The highest BCUT2D eigenvalue weighted by Gasteiger charge is 2.16. The van der Waals surface area contributed by atoms with Crippen molar-refractivity contribution in [2.45, 2.75) is 20.8 Å². The summed E-state index contributed by atoms with van der Waals surface area (Å²) in [6.07, 6.45) is 1.46. The van der Waals surface area contributed by atoms with Gasteiger partial charge in [-0.1, -0.05) is 17.2 Å². The van der Waals surface area contributed by atoms with E-state index >= 15 is 0 Å². The first-order valence-electron chi connectivity index (χ1n) is 8.70. The number of nitrogens with one attached hydrogen (secondary N) is 2. The third kappa shape index (κ3) is 3.07. The number of carbonyl (C=O) groups excluding carboxylic acids is 1. The monoisotopic (exact) mass is 377 g/mol. The van der Waals surface area contributed by atoms with E-state index in [-0.39, 0.29) is 17.4 Å². The number of benzene rings is 1. The zero-order valence-corrected chi connectivity index (χ0v) is 15.9. The number of amides is 1. The molecule has 1 aromatic carbocycles. The summed E-state index contributed by atoms with van der Waals surface area (Å²) >= 11 is 0. The van der Waals surface area contributed by atoms with Crippen molar-refractivity contribution in [1.29, 1.82) is 0 Å². The Balaban J connectivity index is 1.76. The minimum Gasteiger partial charge on any atom is -0.306 e. The zero-order chi connectivity index (χ0) is 20.0. The Morgan fingerprint density at radius 2 is 1.82 bits per heavy atom. The molecule has 4 rings (SSSR count). The van der Waals surface area contributed by atoms with Crippen LogP contribution in [0.2, 0.25) is 0 Å². The number of hydrogen-bond donors (Lipinski definition) is 2. The number of rotatable bonds is 3. The lowest BCUT2D eigenvalue weighted by atomic mass is 10.1. The molecule has 0 unspecified atom stereocenters. The normalized spacial score (nSPS) is 11.1. The number of fused-ring (bicyclic) bond motifs is 1. The molecule has 28 heavy (non-hydrogen) atoms. The van der Waals surface area contributed by atoms with Gasteiger partial charge in [0.2, 0.25) is 5.95 Å². The molecule has 3 aromatic heterocycles. The molecule has 9 nitrogen and oxygen atoms in total. The van der Waals surface area contributed by atoms with Gasteiger partial charge in [-0.15, -0.1) is 0 Å². The quantitative estimate of drug-likeness (QED) is 0.567. The average molecular weight is 377 g/mol. The standard InChI is InChI=1S/C19H19N7O2/c1-10-5-11(2)7-13(6-10)17(27)21-15-8-12(3)24-26(15)19-22-16-14(18(28)23-19)9-20-25(16)4/h5-9H,1-4H3,(H,21,27)(H,22,23,28). The molecular weight excluding hydrogens is 358 g/mol. The highest BCUT2D eigenvalue weighted by molar-refractivity contribution is 6.04. The van der Waals surface area contributed by atoms with Crippen molar-refractivity contribution >= 4 is 22.8 Å². The smallest absolute Gasteiger partial charge is 0.263 e. The summed E-state index contributed by atoms with van der Waals surface area (Å²) in [6, 6.07) is 7.35. The topological polar surface area (TPSA) is 110 Å². The molecule has 0 atom stereocenters. The van der Waals surface area contributed by atoms with E-state index in [2.05, 4.69) is 25.5 Å². The van der Waals surface area contributed by atoms with Crippen molar-refractivity contribution in [3.63, 3.8) is 0 Å². The first-order valence-corrected chi connectivity index (χ1v) is 8.70. The minimum absolute atomic E-state index is 0.199. The predicted molar refractivity (Wildman–Crippen MR) is 105 cm³/mol. The van der Waals surface area contributed by atoms with Crippen molar-refractivity contribution in [1.82, 2.24) is 29.5 Å². The van der Waals surface area contributed by atoms with Gasteiger partial charge in [-0.25, -0.2) is 0 Å². The molecule has 0 spiro atoms. The molecule has 0 aliphatic heterocycles. The number of aromatic amines is 1. The molecule has 0 aliphatic rings. The largest absolute Gasteiger partial charge is 0.306 e. The van der Waals surface area contributed by atoms with Gasteiger partial charge in [0.15, 0.2) is 5.65 Å². The maximum Gasteiger partial charge on any atom is 0.263 e. The number of aromatic nitrogens is 6. The fourth-order valence-corrected chi connectivity index (χ4v) is 3.17. The SMILES string of the molecule is Cc1cc(C)cc(C(=O)Nc2cc(C)nn2-c2nc3c(cnn3C)c(=O)[nH]2)c1. The second-order valence-corrected chi connectivity index (χ2v) is 6.81. The van der Waals surface area contributed by atoms with Crippen molar-refractivity contribution < 1.29 is 4.79 Å². The fourth-order valence-electron chi connectivity index (χ4n) is 3.17. The summed E-state index contributed by atoms with van der Waals surface area (Å²) < 4.78 is 2.92. The van der Waals surface area contributed by atoms with Crippen LogP contribution < -0.4 is 10.9 Å². The molecule has 4 aromatic rings. The summed E-state index contributed by atoms with van der Waals surface area (Å²) in [5, 5.41) is 11.7. The van der Waals surface area contributed by atoms with Crippen LogP contribution in [-0.4, -0.2) is 35.4 Å². The summed E-state index contributed by atoms with van der Waals surface area (Å²) in [5.74, 6) is 0.341. The zero-order valence-electron chi connectivity index (χ0n) is 15.9. The van der Waals surface area contributed by atoms with Crippen molar-refractivity contribution in [3.8, 4) is 5.95 Å². The van der Waals surface area contributed by atoms with Gasteiger partial charge < -0.3 is 5.32 Å². The van der Waals surface area contributed by atoms with Gasteiger partial charge >= 0.3 is 0 Å². The van der Waals surface area contributed by atoms with Crippen LogP contribution in [-0.2, 0) is 7.05 Å². The molecule has 0 fully saturated rings. The van der Waals surface area contributed by atoms with Crippen LogP contribution in [0.1, 0.15) is 27.2 Å². The second-order valence-electron chi connectivity index (χ2n) is 6.81. The highest BCUT2D eigenvalue weighted by Crippen LogP contribution is 2.17. The van der Waals surface area contributed by atoms with E-state index in [4.69, 9.17) is 0 Å². The molecule has 3 heterocycles. The highest BCUT2D eigenvalue weighted by atomic mass is 16.2. The Hall–Kier alpha value is -3.75. The Morgan fingerprint density at radius 1 is 1.11 bits per heavy atom. The number of hydrogen-bond acceptors (Lipinski definition) is 5. The summed E-state index contributed by atoms with van der Waals surface area (Å²) in [4.78, 5) is 32.2. The van der Waals surface area contributed by atoms with Crippen molar-refractivity contribution in [3.05, 3.63) is 63.2 Å². The van der Waals surface area contributed by atoms with E-state index in [1.807, 2.05) is 32.0 Å². The Labute approximate surface area is 160 Å². The van der Waals surface area contributed by atoms with Gasteiger partial charge in [0.25, 0.3) is 11.5 Å². The third-order valence-electron chi connectivity index (χ3n) is 4.35. The van der Waals surface area contributed by atoms with E-state index in [1.54, 1.807) is 20.0 Å². The van der Waals surface area contributed by atoms with E-state index < -0.39 is 0 Å². The Bertz CT molecular complexity index is 1260. The summed E-state index contributed by atoms with van der Waals surface area (Å²) in [5.41, 5.74) is 3.33. The lowest BCUT2D eigenvalue weighted by Gasteiger charge is -2.09. The number of aryl methyl sites for hydroxylation is 4. The van der Waals surface area contributed by atoms with Crippen LogP contribution in [0, 0.1) is 20.8 Å². The first kappa shape index (κ1) is 17.7. The Morgan fingerprint density at radius 3 is 2.54 bits per heavy atom. The molecule has 1 amide bonds. The summed E-state index contributed by atoms with van der Waals surface area (Å²) in [7, 11) is 1.70. The molecule has 0 saturated heterocycles. The second kappa shape index (κ2) is 6.45. The molecule has 142 valence electrons. The lowest BCUT2D eigenvalue weighted by molar-refractivity contribution is 0.102. The van der Waals surface area contributed by atoms with Crippen molar-refractivity contribution in [2.75, 3.05) is 5.32 Å². The van der Waals surface area contributed by atoms with Gasteiger partial charge in [0.05, 0.1) is 11.9 Å². The lowest BCUT2D eigenvalue weighted by Crippen LogP contribution is -2.19. The molecular formula is C19H19N7O2. The Kier molecular flexibility index (Phi) is 4.07.